The predicted octanol–water partition coefficient (Wildman–Crippen LogP) is 1.99. The van der Waals surface area contributed by atoms with E-state index >= 15 is 0 Å². The summed E-state index contributed by atoms with van der Waals surface area (Å²) in [7, 11) is 1.27. The van der Waals surface area contributed by atoms with E-state index in [-0.39, 0.29) is 11.3 Å². The van der Waals surface area contributed by atoms with E-state index in [2.05, 4.69) is 16.1 Å². The van der Waals surface area contributed by atoms with Gasteiger partial charge in [-0.15, -0.1) is 0 Å². The summed E-state index contributed by atoms with van der Waals surface area (Å²) >= 11 is 1.02. The van der Waals surface area contributed by atoms with Gasteiger partial charge in [0, 0.05) is 5.92 Å². The first-order valence-electron chi connectivity index (χ1n) is 7.13. The van der Waals surface area contributed by atoms with Gasteiger partial charge in [0.2, 0.25) is 5.91 Å². The van der Waals surface area contributed by atoms with Crippen LogP contribution < -0.4 is 5.32 Å². The number of nitriles is 2. The second-order valence-electron chi connectivity index (χ2n) is 5.15. The minimum Gasteiger partial charge on any atom is -0.468 e. The Morgan fingerprint density at radius 1 is 1.38 bits per heavy atom. The van der Waals surface area contributed by atoms with E-state index in [0.29, 0.717) is 5.03 Å². The molecule has 1 heterocycles. The molecule has 0 unspecified atom stereocenters. The largest absolute Gasteiger partial charge is 0.468 e. The third-order valence-electron chi connectivity index (χ3n) is 3.75. The normalized spacial score (nSPS) is 19.9. The average molecular weight is 341 g/mol. The third-order valence-corrected chi connectivity index (χ3v) is 4.74. The van der Waals surface area contributed by atoms with Gasteiger partial charge in [-0.1, -0.05) is 36.0 Å². The number of methoxy groups -OCH3 is 1. The van der Waals surface area contributed by atoms with Gasteiger partial charge in [0.1, 0.15) is 5.92 Å². The molecule has 122 valence electrons. The fourth-order valence-electron chi connectivity index (χ4n) is 2.54. The quantitative estimate of drug-likeness (QED) is 0.840. The number of amides is 1. The molecule has 1 aliphatic heterocycles. The zero-order valence-electron chi connectivity index (χ0n) is 13.2. The van der Waals surface area contributed by atoms with Crippen LogP contribution in [-0.2, 0) is 14.3 Å². The predicted molar refractivity (Wildman–Crippen MR) is 88.3 cm³/mol. The second-order valence-corrected chi connectivity index (χ2v) is 6.14. The molecule has 1 aliphatic rings. The number of hydrogen-bond acceptors (Lipinski definition) is 6. The maximum Gasteiger partial charge on any atom is 0.316 e. The Hall–Kier alpha value is -2.77. The number of carbonyl (C=O) groups is 2. The molecule has 0 bridgehead atoms. The van der Waals surface area contributed by atoms with E-state index < -0.39 is 23.7 Å². The smallest absolute Gasteiger partial charge is 0.316 e. The Bertz CT molecular complexity index is 789. The number of benzene rings is 1. The molecule has 0 fully saturated rings. The maximum atomic E-state index is 12.3. The van der Waals surface area contributed by atoms with Crippen molar-refractivity contribution in [3.8, 4) is 12.1 Å². The van der Waals surface area contributed by atoms with Crippen molar-refractivity contribution in [2.45, 2.75) is 12.8 Å². The lowest BCUT2D eigenvalue weighted by Gasteiger charge is -2.29. The number of carbonyl (C=O) groups excluding carboxylic acids is 2. The molecule has 0 aliphatic carbocycles. The van der Waals surface area contributed by atoms with Gasteiger partial charge in [-0.25, -0.2) is 0 Å². The van der Waals surface area contributed by atoms with E-state index in [4.69, 9.17) is 0 Å². The fraction of sp³-hybridized carbons (Fsp3) is 0.294. The maximum absolute atomic E-state index is 12.3. The van der Waals surface area contributed by atoms with Crippen molar-refractivity contribution >= 4 is 23.6 Å². The molecule has 0 radical (unpaired) electrons. The fourth-order valence-corrected chi connectivity index (χ4v) is 3.43. The molecule has 1 aromatic rings. The SMILES string of the molecule is COC(=O)CSC1=C(C#N)[C@@H](c2ccccc2C)[C@H](C#N)C(=O)N1. The minimum atomic E-state index is -0.997. The van der Waals surface area contributed by atoms with Crippen LogP contribution in [-0.4, -0.2) is 24.7 Å². The molecule has 0 saturated heterocycles. The van der Waals surface area contributed by atoms with Gasteiger partial charge in [0.15, 0.2) is 0 Å². The lowest BCUT2D eigenvalue weighted by atomic mass is 9.78. The van der Waals surface area contributed by atoms with Crippen molar-refractivity contribution in [3.05, 3.63) is 46.0 Å². The summed E-state index contributed by atoms with van der Waals surface area (Å²) in [6.45, 7) is 1.87. The van der Waals surface area contributed by atoms with Crippen LogP contribution in [0.15, 0.2) is 34.9 Å². The van der Waals surface area contributed by atoms with E-state index in [1.165, 1.54) is 7.11 Å². The minimum absolute atomic E-state index is 0.0327. The molecule has 7 heteroatoms. The number of esters is 1. The third kappa shape index (κ3) is 3.42. The van der Waals surface area contributed by atoms with Crippen molar-refractivity contribution in [3.63, 3.8) is 0 Å². The Balaban J connectivity index is 2.52. The molecular weight excluding hydrogens is 326 g/mol. The Kier molecular flexibility index (Phi) is 5.62. The first kappa shape index (κ1) is 17.6. The Morgan fingerprint density at radius 3 is 2.67 bits per heavy atom. The Morgan fingerprint density at radius 2 is 2.08 bits per heavy atom. The summed E-state index contributed by atoms with van der Waals surface area (Å²) in [4.78, 5) is 23.6. The first-order valence-corrected chi connectivity index (χ1v) is 8.12. The number of thioether (sulfide) groups is 1. The highest BCUT2D eigenvalue weighted by Crippen LogP contribution is 2.40. The number of allylic oxidation sites excluding steroid dienone is 1. The molecule has 2 atom stereocenters. The number of aryl methyl sites for hydroxylation is 1. The number of ether oxygens (including phenoxy) is 1. The molecule has 0 spiro atoms. The van der Waals surface area contributed by atoms with Gasteiger partial charge in [-0.2, -0.15) is 10.5 Å². The summed E-state index contributed by atoms with van der Waals surface area (Å²) in [5.74, 6) is -2.63. The molecule has 2 rings (SSSR count). The summed E-state index contributed by atoms with van der Waals surface area (Å²) in [6, 6.07) is 11.4. The number of nitrogens with one attached hydrogen (secondary N) is 1. The van der Waals surface area contributed by atoms with Crippen LogP contribution in [0.5, 0.6) is 0 Å². The van der Waals surface area contributed by atoms with Crippen LogP contribution >= 0.6 is 11.8 Å². The molecule has 6 nitrogen and oxygen atoms in total. The van der Waals surface area contributed by atoms with E-state index in [1.54, 1.807) is 6.07 Å². The van der Waals surface area contributed by atoms with Crippen LogP contribution in [0.3, 0.4) is 0 Å². The zero-order valence-corrected chi connectivity index (χ0v) is 14.0. The summed E-state index contributed by atoms with van der Waals surface area (Å²) in [5.41, 5.74) is 1.93. The standard InChI is InChI=1S/C17H15N3O3S/c1-10-5-3-4-6-11(10)15-12(7-18)16(22)20-17(13(15)8-19)24-9-14(21)23-2/h3-6,12,15H,9H2,1-2H3,(H,20,22)/t12-,15-/m0/s1. The topological polar surface area (TPSA) is 103 Å². The number of nitrogens with zero attached hydrogens (tertiary/aromatic N) is 2. The van der Waals surface area contributed by atoms with E-state index in [0.717, 1.165) is 22.9 Å². The highest BCUT2D eigenvalue weighted by molar-refractivity contribution is 8.03. The van der Waals surface area contributed by atoms with Crippen molar-refractivity contribution in [2.24, 2.45) is 5.92 Å². The second kappa shape index (κ2) is 7.67. The molecule has 0 saturated carbocycles. The van der Waals surface area contributed by atoms with Crippen molar-refractivity contribution in [1.82, 2.24) is 5.32 Å². The summed E-state index contributed by atoms with van der Waals surface area (Å²) in [5, 5.41) is 21.9. The lowest BCUT2D eigenvalue weighted by Crippen LogP contribution is -2.39. The van der Waals surface area contributed by atoms with Gasteiger partial charge in [-0.3, -0.25) is 9.59 Å². The van der Waals surface area contributed by atoms with Crippen molar-refractivity contribution < 1.29 is 14.3 Å². The van der Waals surface area contributed by atoms with Gasteiger partial charge in [0.25, 0.3) is 0 Å². The van der Waals surface area contributed by atoms with Gasteiger partial charge in [0.05, 0.1) is 35.6 Å². The molecule has 24 heavy (non-hydrogen) atoms. The molecule has 1 amide bonds. The van der Waals surface area contributed by atoms with Crippen molar-refractivity contribution in [2.75, 3.05) is 12.9 Å². The van der Waals surface area contributed by atoms with Crippen LogP contribution in [0.4, 0.5) is 0 Å². The summed E-state index contributed by atoms with van der Waals surface area (Å²) in [6.07, 6.45) is 0. The van der Waals surface area contributed by atoms with Crippen molar-refractivity contribution in [1.29, 1.82) is 10.5 Å². The van der Waals surface area contributed by atoms with Crippen LogP contribution in [0.1, 0.15) is 17.0 Å². The van der Waals surface area contributed by atoms with E-state index in [9.17, 15) is 20.1 Å². The van der Waals surface area contributed by atoms with Crippen LogP contribution in [0.25, 0.3) is 0 Å². The van der Waals surface area contributed by atoms with Gasteiger partial charge >= 0.3 is 5.97 Å². The van der Waals surface area contributed by atoms with Crippen LogP contribution in [0.2, 0.25) is 0 Å². The van der Waals surface area contributed by atoms with Crippen LogP contribution in [0, 0.1) is 35.5 Å². The molecule has 1 N–H and O–H groups in total. The van der Waals surface area contributed by atoms with Gasteiger partial charge < -0.3 is 10.1 Å². The van der Waals surface area contributed by atoms with Gasteiger partial charge in [-0.05, 0) is 18.1 Å². The zero-order chi connectivity index (χ0) is 17.7. The average Bonchev–Trinajstić information content (AvgIpc) is 2.59. The lowest BCUT2D eigenvalue weighted by molar-refractivity contribution is -0.137. The highest BCUT2D eigenvalue weighted by Gasteiger charge is 2.39. The molecule has 0 aromatic heterocycles. The number of rotatable bonds is 4. The highest BCUT2D eigenvalue weighted by atomic mass is 32.2. The molecular formula is C17H15N3O3S. The number of hydrogen-bond donors (Lipinski definition) is 1. The monoisotopic (exact) mass is 341 g/mol. The molecule has 1 aromatic carbocycles. The Labute approximate surface area is 144 Å². The first-order chi connectivity index (χ1) is 11.5. The van der Waals surface area contributed by atoms with E-state index in [1.807, 2.05) is 31.2 Å². The summed E-state index contributed by atoms with van der Waals surface area (Å²) < 4.78 is 4.58.